The van der Waals surface area contributed by atoms with E-state index in [4.69, 9.17) is 0 Å². The third-order valence-corrected chi connectivity index (χ3v) is 3.90. The highest BCUT2D eigenvalue weighted by Crippen LogP contribution is 2.32. The lowest BCUT2D eigenvalue weighted by atomic mass is 9.91. The summed E-state index contributed by atoms with van der Waals surface area (Å²) in [4.78, 5) is 2.65. The third kappa shape index (κ3) is 3.27. The monoisotopic (exact) mass is 197 g/mol. The lowest BCUT2D eigenvalue weighted by Crippen LogP contribution is -2.18. The minimum atomic E-state index is 0.857. The molecule has 14 heavy (non-hydrogen) atoms. The van der Waals surface area contributed by atoms with Crippen LogP contribution < -0.4 is 0 Å². The zero-order valence-corrected chi connectivity index (χ0v) is 10.6. The van der Waals surface area contributed by atoms with Crippen molar-refractivity contribution < 1.29 is 0 Å². The van der Waals surface area contributed by atoms with Crippen molar-refractivity contribution in [3.63, 3.8) is 0 Å². The first-order valence-corrected chi connectivity index (χ1v) is 6.30. The van der Waals surface area contributed by atoms with Crippen LogP contribution in [0.5, 0.6) is 0 Å². The van der Waals surface area contributed by atoms with Gasteiger partial charge in [0.15, 0.2) is 0 Å². The molecule has 0 amide bonds. The van der Waals surface area contributed by atoms with Gasteiger partial charge in [-0.25, -0.2) is 0 Å². The summed E-state index contributed by atoms with van der Waals surface area (Å²) in [5, 5.41) is 0. The van der Waals surface area contributed by atoms with E-state index in [1.54, 1.807) is 0 Å². The Morgan fingerprint density at radius 3 is 2.36 bits per heavy atom. The van der Waals surface area contributed by atoms with E-state index >= 15 is 0 Å². The zero-order valence-electron chi connectivity index (χ0n) is 10.6. The second-order valence-corrected chi connectivity index (χ2v) is 5.49. The van der Waals surface area contributed by atoms with E-state index in [9.17, 15) is 0 Å². The van der Waals surface area contributed by atoms with E-state index in [1.807, 2.05) is 0 Å². The Morgan fingerprint density at radius 2 is 1.86 bits per heavy atom. The van der Waals surface area contributed by atoms with Crippen LogP contribution in [0, 0.1) is 17.8 Å². The first kappa shape index (κ1) is 12.0. The zero-order chi connectivity index (χ0) is 10.7. The van der Waals surface area contributed by atoms with Crippen LogP contribution >= 0.6 is 0 Å². The van der Waals surface area contributed by atoms with Gasteiger partial charge in [-0.3, -0.25) is 4.90 Å². The highest BCUT2D eigenvalue weighted by atomic mass is 15.3. The summed E-state index contributed by atoms with van der Waals surface area (Å²) in [6, 6.07) is 0.906. The first-order valence-electron chi connectivity index (χ1n) is 6.30. The Labute approximate surface area is 89.9 Å². The Morgan fingerprint density at radius 1 is 1.21 bits per heavy atom. The average molecular weight is 197 g/mol. The molecule has 1 aliphatic rings. The Balaban J connectivity index is 2.18. The van der Waals surface area contributed by atoms with Gasteiger partial charge in [-0.1, -0.05) is 41.0 Å². The minimum Gasteiger partial charge on any atom is -0.297 e. The summed E-state index contributed by atoms with van der Waals surface area (Å²) in [5.74, 6) is 2.64. The molecule has 1 rings (SSSR count). The van der Waals surface area contributed by atoms with E-state index in [2.05, 4.69) is 39.5 Å². The van der Waals surface area contributed by atoms with Gasteiger partial charge < -0.3 is 0 Å². The largest absolute Gasteiger partial charge is 0.297 e. The third-order valence-electron chi connectivity index (χ3n) is 3.90. The molecule has 84 valence electrons. The van der Waals surface area contributed by atoms with Gasteiger partial charge in [0, 0.05) is 12.6 Å². The molecular formula is C13H27N. The van der Waals surface area contributed by atoms with Gasteiger partial charge in [-0.2, -0.15) is 0 Å². The SMILES string of the molecule is CCC(C)C(C)C1CN1CCC(C)C. The predicted octanol–water partition coefficient (Wildman–Crippen LogP) is 3.40. The molecule has 1 heterocycles. The van der Waals surface area contributed by atoms with Gasteiger partial charge in [0.05, 0.1) is 0 Å². The van der Waals surface area contributed by atoms with Gasteiger partial charge >= 0.3 is 0 Å². The molecule has 0 aromatic rings. The number of hydrogen-bond donors (Lipinski definition) is 0. The molecule has 4 unspecified atom stereocenters. The predicted molar refractivity (Wildman–Crippen MR) is 63.4 cm³/mol. The summed E-state index contributed by atoms with van der Waals surface area (Å²) in [6.07, 6.45) is 2.69. The average Bonchev–Trinajstić information content (AvgIpc) is 2.91. The van der Waals surface area contributed by atoms with Gasteiger partial charge in [0.25, 0.3) is 0 Å². The van der Waals surface area contributed by atoms with E-state index in [-0.39, 0.29) is 0 Å². The molecule has 0 saturated carbocycles. The van der Waals surface area contributed by atoms with Crippen molar-refractivity contribution in [2.24, 2.45) is 17.8 Å². The van der Waals surface area contributed by atoms with E-state index in [0.29, 0.717) is 0 Å². The number of rotatable bonds is 6. The summed E-state index contributed by atoms with van der Waals surface area (Å²) in [5.41, 5.74) is 0. The maximum atomic E-state index is 2.65. The molecule has 4 atom stereocenters. The molecule has 0 spiro atoms. The van der Waals surface area contributed by atoms with Gasteiger partial charge in [0.2, 0.25) is 0 Å². The molecule has 0 bridgehead atoms. The lowest BCUT2D eigenvalue weighted by Gasteiger charge is -2.18. The van der Waals surface area contributed by atoms with Crippen molar-refractivity contribution in [2.45, 2.75) is 53.5 Å². The van der Waals surface area contributed by atoms with Crippen LogP contribution in [-0.2, 0) is 0 Å². The molecule has 0 N–H and O–H groups in total. The molecule has 1 saturated heterocycles. The minimum absolute atomic E-state index is 0.857. The molecule has 1 aliphatic heterocycles. The summed E-state index contributed by atoms with van der Waals surface area (Å²) in [7, 11) is 0. The van der Waals surface area contributed by atoms with Crippen molar-refractivity contribution >= 4 is 0 Å². The van der Waals surface area contributed by atoms with Gasteiger partial charge in [-0.15, -0.1) is 0 Å². The fourth-order valence-electron chi connectivity index (χ4n) is 2.12. The normalized spacial score (nSPS) is 30.4. The van der Waals surface area contributed by atoms with Crippen molar-refractivity contribution in [3.05, 3.63) is 0 Å². The molecule has 0 aromatic carbocycles. The Kier molecular flexibility index (Phi) is 4.43. The van der Waals surface area contributed by atoms with E-state index in [0.717, 1.165) is 23.8 Å². The topological polar surface area (TPSA) is 3.01 Å². The molecular weight excluding hydrogens is 170 g/mol. The molecule has 1 fully saturated rings. The standard InChI is InChI=1S/C13H27N/c1-6-11(4)12(5)13-9-14(13)8-7-10(2)3/h10-13H,6-9H2,1-5H3. The van der Waals surface area contributed by atoms with Crippen LogP contribution in [0.3, 0.4) is 0 Å². The Hall–Kier alpha value is -0.0400. The van der Waals surface area contributed by atoms with Crippen molar-refractivity contribution in [1.29, 1.82) is 0 Å². The maximum absolute atomic E-state index is 2.65. The highest BCUT2D eigenvalue weighted by molar-refractivity contribution is 4.94. The quantitative estimate of drug-likeness (QED) is 0.590. The van der Waals surface area contributed by atoms with Crippen molar-refractivity contribution in [1.82, 2.24) is 4.90 Å². The van der Waals surface area contributed by atoms with Crippen LogP contribution in [0.25, 0.3) is 0 Å². The van der Waals surface area contributed by atoms with Crippen molar-refractivity contribution in [3.8, 4) is 0 Å². The van der Waals surface area contributed by atoms with Crippen LogP contribution in [-0.4, -0.2) is 24.0 Å². The van der Waals surface area contributed by atoms with Crippen LogP contribution in [0.4, 0.5) is 0 Å². The summed E-state index contributed by atoms with van der Waals surface area (Å²) in [6.45, 7) is 14.4. The molecule has 1 nitrogen and oxygen atoms in total. The Bertz CT molecular complexity index is 165. The molecule has 0 aliphatic carbocycles. The fourth-order valence-corrected chi connectivity index (χ4v) is 2.12. The van der Waals surface area contributed by atoms with Crippen molar-refractivity contribution in [2.75, 3.05) is 13.1 Å². The second kappa shape index (κ2) is 5.16. The summed E-state index contributed by atoms with van der Waals surface area (Å²) < 4.78 is 0. The first-order chi connectivity index (χ1) is 6.56. The summed E-state index contributed by atoms with van der Waals surface area (Å²) >= 11 is 0. The van der Waals surface area contributed by atoms with E-state index in [1.165, 1.54) is 25.9 Å². The second-order valence-electron chi connectivity index (χ2n) is 5.49. The smallest absolute Gasteiger partial charge is 0.0252 e. The lowest BCUT2D eigenvalue weighted by molar-refractivity contribution is 0.315. The van der Waals surface area contributed by atoms with Gasteiger partial charge in [-0.05, 0) is 30.7 Å². The van der Waals surface area contributed by atoms with Crippen LogP contribution in [0.1, 0.15) is 47.5 Å². The maximum Gasteiger partial charge on any atom is 0.0252 e. The molecule has 0 radical (unpaired) electrons. The molecule has 0 aromatic heterocycles. The number of nitrogens with zero attached hydrogens (tertiary/aromatic N) is 1. The van der Waals surface area contributed by atoms with E-state index < -0.39 is 0 Å². The molecule has 1 heteroatoms. The van der Waals surface area contributed by atoms with Crippen LogP contribution in [0.2, 0.25) is 0 Å². The van der Waals surface area contributed by atoms with Gasteiger partial charge in [0.1, 0.15) is 0 Å². The van der Waals surface area contributed by atoms with Crippen LogP contribution in [0.15, 0.2) is 0 Å². The fraction of sp³-hybridized carbons (Fsp3) is 1.00. The highest BCUT2D eigenvalue weighted by Gasteiger charge is 2.39. The number of hydrogen-bond acceptors (Lipinski definition) is 1.